The van der Waals surface area contributed by atoms with E-state index in [-0.39, 0.29) is 0 Å². The molecule has 1 aliphatic rings. The summed E-state index contributed by atoms with van der Waals surface area (Å²) in [5.41, 5.74) is 17.5. The van der Waals surface area contributed by atoms with E-state index >= 15 is 0 Å². The number of benzene rings is 9. The number of fused-ring (bicyclic) bond motifs is 3. The smallest absolute Gasteiger partial charge is 0.0724 e. The van der Waals surface area contributed by atoms with E-state index in [4.69, 9.17) is 0 Å². The lowest BCUT2D eigenvalue weighted by atomic mass is 9.67. The van der Waals surface area contributed by atoms with E-state index in [2.05, 4.69) is 251 Å². The van der Waals surface area contributed by atoms with Crippen LogP contribution < -0.4 is 4.90 Å². The first kappa shape index (κ1) is 34.7. The van der Waals surface area contributed by atoms with Gasteiger partial charge in [0.1, 0.15) is 0 Å². The third kappa shape index (κ3) is 6.01. The van der Waals surface area contributed by atoms with Crippen molar-refractivity contribution in [1.82, 2.24) is 0 Å². The number of nitrogens with zero attached hydrogens (tertiary/aromatic N) is 1. The Labute approximate surface area is 343 Å². The SMILES string of the molecule is Brc1ccccc1C1(c2ccc(N(c3ccc(-c4ccccc4)cc3)c3ccc(-c4ccccc4)cc3)cc2)c2ccccc2-c2c(-c3ccccc3)cccc21. The van der Waals surface area contributed by atoms with Crippen molar-refractivity contribution in [1.29, 1.82) is 0 Å². The third-order valence-electron chi connectivity index (χ3n) is 11.5. The fraction of sp³-hybridized carbons (Fsp3) is 0.0182. The number of anilines is 3. The highest BCUT2D eigenvalue weighted by Gasteiger charge is 2.47. The van der Waals surface area contributed by atoms with Gasteiger partial charge in [-0.15, -0.1) is 0 Å². The van der Waals surface area contributed by atoms with Crippen LogP contribution in [0.2, 0.25) is 0 Å². The predicted molar refractivity (Wildman–Crippen MR) is 242 cm³/mol. The molecule has 10 rings (SSSR count). The van der Waals surface area contributed by atoms with Crippen LogP contribution >= 0.6 is 15.9 Å². The zero-order valence-electron chi connectivity index (χ0n) is 31.3. The van der Waals surface area contributed by atoms with E-state index in [0.29, 0.717) is 0 Å². The minimum Gasteiger partial charge on any atom is -0.311 e. The number of hydrogen-bond acceptors (Lipinski definition) is 1. The molecule has 0 heterocycles. The van der Waals surface area contributed by atoms with Crippen LogP contribution in [-0.4, -0.2) is 0 Å². The summed E-state index contributed by atoms with van der Waals surface area (Å²) in [4.78, 5) is 2.36. The summed E-state index contributed by atoms with van der Waals surface area (Å²) in [5.74, 6) is 0. The van der Waals surface area contributed by atoms with Crippen molar-refractivity contribution in [3.8, 4) is 44.5 Å². The summed E-state index contributed by atoms with van der Waals surface area (Å²) in [7, 11) is 0. The maximum Gasteiger partial charge on any atom is 0.0724 e. The molecule has 0 fully saturated rings. The van der Waals surface area contributed by atoms with Gasteiger partial charge in [0.2, 0.25) is 0 Å². The van der Waals surface area contributed by atoms with Crippen molar-refractivity contribution < 1.29 is 0 Å². The average Bonchev–Trinajstić information content (AvgIpc) is 3.59. The molecule has 0 aliphatic heterocycles. The first-order chi connectivity index (χ1) is 28.2. The highest BCUT2D eigenvalue weighted by molar-refractivity contribution is 9.10. The zero-order chi connectivity index (χ0) is 38.2. The van der Waals surface area contributed by atoms with E-state index in [1.54, 1.807) is 0 Å². The minimum atomic E-state index is -0.561. The maximum absolute atomic E-state index is 4.04. The summed E-state index contributed by atoms with van der Waals surface area (Å²) < 4.78 is 1.08. The molecule has 0 spiro atoms. The van der Waals surface area contributed by atoms with Crippen LogP contribution in [0.3, 0.4) is 0 Å². The fourth-order valence-electron chi connectivity index (χ4n) is 8.88. The molecule has 0 saturated carbocycles. The molecule has 2 heteroatoms. The Kier molecular flexibility index (Phi) is 8.97. The maximum atomic E-state index is 4.04. The lowest BCUT2D eigenvalue weighted by molar-refractivity contribution is 0.764. The lowest BCUT2D eigenvalue weighted by Gasteiger charge is -2.35. The summed E-state index contributed by atoms with van der Waals surface area (Å²) in [6.07, 6.45) is 0. The summed E-state index contributed by atoms with van der Waals surface area (Å²) in [5, 5.41) is 0. The lowest BCUT2D eigenvalue weighted by Crippen LogP contribution is -2.29. The highest BCUT2D eigenvalue weighted by atomic mass is 79.9. The van der Waals surface area contributed by atoms with Crippen molar-refractivity contribution in [2.45, 2.75) is 5.41 Å². The Balaban J connectivity index is 1.15. The van der Waals surface area contributed by atoms with Gasteiger partial charge in [0.25, 0.3) is 0 Å². The molecule has 0 radical (unpaired) electrons. The van der Waals surface area contributed by atoms with Gasteiger partial charge < -0.3 is 4.90 Å². The third-order valence-corrected chi connectivity index (χ3v) is 12.1. The first-order valence-electron chi connectivity index (χ1n) is 19.5. The summed E-state index contributed by atoms with van der Waals surface area (Å²) >= 11 is 4.04. The van der Waals surface area contributed by atoms with Crippen molar-refractivity contribution in [2.24, 2.45) is 0 Å². The van der Waals surface area contributed by atoms with Crippen LogP contribution in [0.15, 0.2) is 235 Å². The molecule has 9 aromatic rings. The van der Waals surface area contributed by atoms with Gasteiger partial charge in [-0.3, -0.25) is 0 Å². The molecule has 270 valence electrons. The molecule has 0 N–H and O–H groups in total. The molecular formula is C55H38BrN. The van der Waals surface area contributed by atoms with E-state index in [1.807, 2.05) is 0 Å². The monoisotopic (exact) mass is 791 g/mol. The first-order valence-corrected chi connectivity index (χ1v) is 20.2. The molecule has 0 amide bonds. The van der Waals surface area contributed by atoms with Crippen molar-refractivity contribution >= 4 is 33.0 Å². The molecular weight excluding hydrogens is 755 g/mol. The Morgan fingerprint density at radius 1 is 0.298 bits per heavy atom. The molecule has 1 aliphatic carbocycles. The molecule has 0 bridgehead atoms. The van der Waals surface area contributed by atoms with E-state index in [0.717, 1.165) is 21.5 Å². The Bertz CT molecular complexity index is 2730. The van der Waals surface area contributed by atoms with E-state index < -0.39 is 5.41 Å². The van der Waals surface area contributed by atoms with Gasteiger partial charge in [0.15, 0.2) is 0 Å². The van der Waals surface area contributed by atoms with E-state index in [1.165, 1.54) is 66.8 Å². The van der Waals surface area contributed by atoms with Gasteiger partial charge in [-0.25, -0.2) is 0 Å². The predicted octanol–water partition coefficient (Wildman–Crippen LogP) is 15.3. The fourth-order valence-corrected chi connectivity index (χ4v) is 9.47. The summed E-state index contributed by atoms with van der Waals surface area (Å²) in [6, 6.07) is 83.6. The van der Waals surface area contributed by atoms with Crippen LogP contribution in [0, 0.1) is 0 Å². The van der Waals surface area contributed by atoms with Gasteiger partial charge in [-0.05, 0) is 109 Å². The molecule has 0 aromatic heterocycles. The molecule has 0 saturated heterocycles. The summed E-state index contributed by atoms with van der Waals surface area (Å²) in [6.45, 7) is 0. The molecule has 1 unspecified atom stereocenters. The topological polar surface area (TPSA) is 3.24 Å². The van der Waals surface area contributed by atoms with Gasteiger partial charge in [0, 0.05) is 21.5 Å². The van der Waals surface area contributed by atoms with Crippen LogP contribution in [0.1, 0.15) is 22.3 Å². The van der Waals surface area contributed by atoms with Crippen molar-refractivity contribution in [3.05, 3.63) is 257 Å². The molecule has 1 atom stereocenters. The standard InChI is InChI=1S/C55H38BrN/c56-53-26-13-12-24-51(53)55(50-23-11-10-21-49(50)54-48(22-14-25-52(54)55)43-19-8-3-9-20-43)44-31-37-47(38-32-44)57(45-33-27-41(28-34-45)39-15-4-1-5-16-39)46-35-29-42(30-36-46)40-17-6-2-7-18-40/h1-38H. The molecule has 9 aromatic carbocycles. The van der Waals surface area contributed by atoms with Crippen molar-refractivity contribution in [3.63, 3.8) is 0 Å². The second kappa shape index (κ2) is 14.7. The number of hydrogen-bond donors (Lipinski definition) is 0. The van der Waals surface area contributed by atoms with Gasteiger partial charge in [-0.2, -0.15) is 0 Å². The largest absolute Gasteiger partial charge is 0.311 e. The number of rotatable bonds is 8. The zero-order valence-corrected chi connectivity index (χ0v) is 32.9. The average molecular weight is 793 g/mol. The normalized spacial score (nSPS) is 14.1. The quantitative estimate of drug-likeness (QED) is 0.148. The highest BCUT2D eigenvalue weighted by Crippen LogP contribution is 2.59. The van der Waals surface area contributed by atoms with Crippen molar-refractivity contribution in [2.75, 3.05) is 4.90 Å². The van der Waals surface area contributed by atoms with Crippen LogP contribution in [0.5, 0.6) is 0 Å². The Hall–Kier alpha value is -6.74. The Morgan fingerprint density at radius 3 is 1.25 bits per heavy atom. The van der Waals surface area contributed by atoms with Gasteiger partial charge >= 0.3 is 0 Å². The second-order valence-electron chi connectivity index (χ2n) is 14.6. The van der Waals surface area contributed by atoms with Gasteiger partial charge in [-0.1, -0.05) is 204 Å². The Morgan fingerprint density at radius 2 is 0.702 bits per heavy atom. The van der Waals surface area contributed by atoms with Crippen LogP contribution in [0.25, 0.3) is 44.5 Å². The van der Waals surface area contributed by atoms with Gasteiger partial charge in [0.05, 0.1) is 5.41 Å². The van der Waals surface area contributed by atoms with Crippen LogP contribution in [0.4, 0.5) is 17.1 Å². The minimum absolute atomic E-state index is 0.561. The molecule has 1 nitrogen and oxygen atoms in total. The van der Waals surface area contributed by atoms with E-state index in [9.17, 15) is 0 Å². The van der Waals surface area contributed by atoms with Crippen LogP contribution in [-0.2, 0) is 5.41 Å². The number of halogens is 1. The second-order valence-corrected chi connectivity index (χ2v) is 15.4. The molecule has 57 heavy (non-hydrogen) atoms.